The van der Waals surface area contributed by atoms with Gasteiger partial charge in [-0.2, -0.15) is 0 Å². The zero-order chi connectivity index (χ0) is 16.8. The van der Waals surface area contributed by atoms with Crippen molar-refractivity contribution in [3.8, 4) is 5.75 Å². The molecule has 0 aliphatic rings. The lowest BCUT2D eigenvalue weighted by Gasteiger charge is -2.08. The van der Waals surface area contributed by atoms with Gasteiger partial charge in [-0.05, 0) is 18.2 Å². The lowest BCUT2D eigenvalue weighted by molar-refractivity contribution is -0.385. The first kappa shape index (κ1) is 16.0. The van der Waals surface area contributed by atoms with Crippen molar-refractivity contribution >= 4 is 17.6 Å². The highest BCUT2D eigenvalue weighted by Crippen LogP contribution is 2.27. The Morgan fingerprint density at radius 3 is 2.74 bits per heavy atom. The maximum atomic E-state index is 11.6. The average molecular weight is 320 g/mol. The number of benzene rings is 1. The molecule has 0 bridgehead atoms. The number of ether oxygens (including phenoxy) is 1. The number of hydrogen-bond acceptors (Lipinski definition) is 6. The van der Waals surface area contributed by atoms with E-state index in [-0.39, 0.29) is 17.9 Å². The Balaban J connectivity index is 2.00. The van der Waals surface area contributed by atoms with Crippen LogP contribution < -0.4 is 10.1 Å². The number of nitrogens with one attached hydrogen (secondary N) is 1. The number of hydrogen-bond donors (Lipinski definition) is 2. The molecular weight excluding hydrogens is 308 g/mol. The molecule has 2 N–H and O–H groups in total. The Hall–Kier alpha value is -3.36. The second-order valence-corrected chi connectivity index (χ2v) is 4.39. The minimum absolute atomic E-state index is 0.145. The molecule has 23 heavy (non-hydrogen) atoms. The molecule has 1 aromatic carbocycles. The molecule has 0 saturated carbocycles. The van der Waals surface area contributed by atoms with Gasteiger partial charge in [-0.25, -0.2) is 4.79 Å². The average Bonchev–Trinajstić information content (AvgIpc) is 3.03. The maximum Gasteiger partial charge on any atom is 0.335 e. The van der Waals surface area contributed by atoms with Crippen molar-refractivity contribution in [3.63, 3.8) is 0 Å². The summed E-state index contributed by atoms with van der Waals surface area (Å²) in [5, 5.41) is 22.3. The van der Waals surface area contributed by atoms with E-state index in [1.807, 2.05) is 0 Å². The van der Waals surface area contributed by atoms with Gasteiger partial charge in [-0.15, -0.1) is 0 Å². The largest absolute Gasteiger partial charge is 0.478 e. The molecular formula is C14H12N2O7. The van der Waals surface area contributed by atoms with Crippen molar-refractivity contribution in [2.24, 2.45) is 0 Å². The summed E-state index contributed by atoms with van der Waals surface area (Å²) in [6.07, 6.45) is 1.46. The van der Waals surface area contributed by atoms with Crippen LogP contribution in [0.5, 0.6) is 5.75 Å². The van der Waals surface area contributed by atoms with Gasteiger partial charge >= 0.3 is 11.7 Å². The summed E-state index contributed by atoms with van der Waals surface area (Å²) in [5.74, 6) is -1.54. The second-order valence-electron chi connectivity index (χ2n) is 4.39. The molecule has 0 aliphatic heterocycles. The molecule has 9 nitrogen and oxygen atoms in total. The fraction of sp³-hybridized carbons (Fsp3) is 0.143. The molecule has 0 radical (unpaired) electrons. The molecule has 2 aromatic rings. The molecule has 0 saturated heterocycles. The Labute approximate surface area is 129 Å². The second kappa shape index (κ2) is 7.07. The highest BCUT2D eigenvalue weighted by atomic mass is 16.6. The summed E-state index contributed by atoms with van der Waals surface area (Å²) in [5.41, 5.74) is -0.601. The molecule has 2 rings (SSSR count). The third kappa shape index (κ3) is 4.30. The number of rotatable bonds is 7. The first-order valence-electron chi connectivity index (χ1n) is 6.41. The fourth-order valence-corrected chi connectivity index (χ4v) is 1.71. The van der Waals surface area contributed by atoms with E-state index < -0.39 is 29.1 Å². The van der Waals surface area contributed by atoms with Gasteiger partial charge in [-0.1, -0.05) is 0 Å². The Morgan fingerprint density at radius 1 is 1.35 bits per heavy atom. The minimum Gasteiger partial charge on any atom is -0.478 e. The van der Waals surface area contributed by atoms with Crippen molar-refractivity contribution in [2.45, 2.75) is 6.54 Å². The number of amides is 1. The minimum atomic E-state index is -1.26. The van der Waals surface area contributed by atoms with Crippen LogP contribution in [-0.2, 0) is 11.3 Å². The van der Waals surface area contributed by atoms with E-state index >= 15 is 0 Å². The number of carbonyl (C=O) groups excluding carboxylic acids is 1. The molecule has 1 aromatic heterocycles. The number of carbonyl (C=O) groups is 2. The zero-order valence-corrected chi connectivity index (χ0v) is 11.7. The lowest BCUT2D eigenvalue weighted by atomic mass is 10.2. The number of nitro benzene ring substituents is 1. The van der Waals surface area contributed by atoms with Crippen molar-refractivity contribution in [2.75, 3.05) is 6.61 Å². The van der Waals surface area contributed by atoms with Gasteiger partial charge in [0.1, 0.15) is 5.76 Å². The van der Waals surface area contributed by atoms with Gasteiger partial charge in [0.15, 0.2) is 12.4 Å². The number of nitrogens with zero attached hydrogens (tertiary/aromatic N) is 1. The van der Waals surface area contributed by atoms with E-state index in [9.17, 15) is 19.7 Å². The topological polar surface area (TPSA) is 132 Å². The van der Waals surface area contributed by atoms with Crippen molar-refractivity contribution in [1.82, 2.24) is 5.32 Å². The van der Waals surface area contributed by atoms with Gasteiger partial charge in [0.05, 0.1) is 23.3 Å². The summed E-state index contributed by atoms with van der Waals surface area (Å²) >= 11 is 0. The van der Waals surface area contributed by atoms with Crippen molar-refractivity contribution in [3.05, 3.63) is 58.0 Å². The standard InChI is InChI=1S/C14H12N2O7/c17-13(15-7-10-2-1-5-22-10)8-23-12-6-9(14(18)19)3-4-11(12)16(20)21/h1-6H,7-8H2,(H,15,17)(H,18,19). The number of furan rings is 1. The molecule has 0 aliphatic carbocycles. The zero-order valence-electron chi connectivity index (χ0n) is 11.7. The van der Waals surface area contributed by atoms with Crippen LogP contribution in [0.1, 0.15) is 16.1 Å². The van der Waals surface area contributed by atoms with Crippen LogP contribution in [-0.4, -0.2) is 28.5 Å². The third-order valence-corrected chi connectivity index (χ3v) is 2.80. The summed E-state index contributed by atoms with van der Waals surface area (Å²) < 4.78 is 10.1. The highest BCUT2D eigenvalue weighted by Gasteiger charge is 2.18. The summed E-state index contributed by atoms with van der Waals surface area (Å²) in [6.45, 7) is -0.350. The molecule has 120 valence electrons. The van der Waals surface area contributed by atoms with Crippen LogP contribution in [0.3, 0.4) is 0 Å². The Morgan fingerprint density at radius 2 is 2.13 bits per heavy atom. The smallest absolute Gasteiger partial charge is 0.335 e. The van der Waals surface area contributed by atoms with E-state index in [1.165, 1.54) is 6.26 Å². The van der Waals surface area contributed by atoms with Crippen molar-refractivity contribution < 1.29 is 28.8 Å². The van der Waals surface area contributed by atoms with Crippen LogP contribution in [0.2, 0.25) is 0 Å². The van der Waals surface area contributed by atoms with E-state index in [0.29, 0.717) is 5.76 Å². The molecule has 1 amide bonds. The Kier molecular flexibility index (Phi) is 4.92. The van der Waals surface area contributed by atoms with Gasteiger partial charge < -0.3 is 19.6 Å². The lowest BCUT2D eigenvalue weighted by Crippen LogP contribution is -2.28. The van der Waals surface area contributed by atoms with E-state index in [0.717, 1.165) is 18.2 Å². The Bertz CT molecular complexity index is 725. The van der Waals surface area contributed by atoms with Gasteiger partial charge in [0, 0.05) is 12.1 Å². The first-order chi connectivity index (χ1) is 11.0. The summed E-state index contributed by atoms with van der Waals surface area (Å²) in [7, 11) is 0. The summed E-state index contributed by atoms with van der Waals surface area (Å²) in [4.78, 5) is 32.7. The van der Waals surface area contributed by atoms with Gasteiger partial charge in [0.25, 0.3) is 5.91 Å². The summed E-state index contributed by atoms with van der Waals surface area (Å²) in [6, 6.07) is 6.44. The van der Waals surface area contributed by atoms with Crippen LogP contribution in [0.25, 0.3) is 0 Å². The molecule has 9 heteroatoms. The van der Waals surface area contributed by atoms with Gasteiger partial charge in [-0.3, -0.25) is 14.9 Å². The highest BCUT2D eigenvalue weighted by molar-refractivity contribution is 5.88. The predicted octanol–water partition coefficient (Wildman–Crippen LogP) is 1.58. The molecule has 1 heterocycles. The van der Waals surface area contributed by atoms with Gasteiger partial charge in [0.2, 0.25) is 0 Å². The SMILES string of the molecule is O=C(COc1cc(C(=O)O)ccc1[N+](=O)[O-])NCc1ccco1. The first-order valence-corrected chi connectivity index (χ1v) is 6.41. The number of aromatic carboxylic acids is 1. The van der Waals surface area contributed by atoms with E-state index in [2.05, 4.69) is 5.32 Å². The molecule has 0 fully saturated rings. The fourth-order valence-electron chi connectivity index (χ4n) is 1.71. The normalized spacial score (nSPS) is 10.1. The van der Waals surface area contributed by atoms with E-state index in [4.69, 9.17) is 14.3 Å². The number of carboxylic acids is 1. The quantitative estimate of drug-likeness (QED) is 0.584. The maximum absolute atomic E-state index is 11.6. The van der Waals surface area contributed by atoms with E-state index in [1.54, 1.807) is 12.1 Å². The number of nitro groups is 1. The third-order valence-electron chi connectivity index (χ3n) is 2.80. The van der Waals surface area contributed by atoms with Crippen molar-refractivity contribution in [1.29, 1.82) is 0 Å². The molecule has 0 spiro atoms. The van der Waals surface area contributed by atoms with Crippen LogP contribution in [0.15, 0.2) is 41.0 Å². The molecule has 0 atom stereocenters. The number of carboxylic acid groups (broad SMARTS) is 1. The van der Waals surface area contributed by atoms with Crippen LogP contribution in [0.4, 0.5) is 5.69 Å². The monoisotopic (exact) mass is 320 g/mol. The predicted molar refractivity (Wildman–Crippen MR) is 76.1 cm³/mol. The molecule has 0 unspecified atom stereocenters. The van der Waals surface area contributed by atoms with Crippen LogP contribution in [0, 0.1) is 10.1 Å². The van der Waals surface area contributed by atoms with Crippen LogP contribution >= 0.6 is 0 Å².